The summed E-state index contributed by atoms with van der Waals surface area (Å²) < 4.78 is 3.80. The molecule has 0 N–H and O–H groups in total. The van der Waals surface area contributed by atoms with Crippen molar-refractivity contribution in [1.29, 1.82) is 0 Å². The quantitative estimate of drug-likeness (QED) is 0.644. The zero-order valence-corrected chi connectivity index (χ0v) is 10.3. The van der Waals surface area contributed by atoms with Crippen LogP contribution in [0.4, 0.5) is 0 Å². The molecule has 0 saturated carbocycles. The van der Waals surface area contributed by atoms with Crippen LogP contribution in [0.2, 0.25) is 0 Å². The maximum absolute atomic E-state index is 11.1. The van der Waals surface area contributed by atoms with E-state index in [9.17, 15) is 4.79 Å². The van der Waals surface area contributed by atoms with Gasteiger partial charge in [-0.3, -0.25) is 9.48 Å². The third kappa shape index (κ3) is 1.39. The summed E-state index contributed by atoms with van der Waals surface area (Å²) in [7, 11) is 3.85. The second kappa shape index (κ2) is 3.84. The maximum atomic E-state index is 11.1. The average molecular weight is 239 g/mol. The molecule has 90 valence electrons. The van der Waals surface area contributed by atoms with Gasteiger partial charge in [0.25, 0.3) is 0 Å². The van der Waals surface area contributed by atoms with E-state index in [1.807, 2.05) is 32.4 Å². The first-order valence-electron chi connectivity index (χ1n) is 5.74. The summed E-state index contributed by atoms with van der Waals surface area (Å²) in [4.78, 5) is 11.1. The molecule has 3 aromatic rings. The highest BCUT2D eigenvalue weighted by Gasteiger charge is 2.15. The Labute approximate surface area is 104 Å². The smallest absolute Gasteiger partial charge is 0.153 e. The van der Waals surface area contributed by atoms with Gasteiger partial charge in [-0.25, -0.2) is 0 Å². The molecule has 4 nitrogen and oxygen atoms in total. The molecular weight excluding hydrogens is 226 g/mol. The Hall–Kier alpha value is -2.36. The molecule has 3 rings (SSSR count). The molecule has 4 heteroatoms. The minimum atomic E-state index is 0.619. The first-order valence-corrected chi connectivity index (χ1v) is 5.74. The summed E-state index contributed by atoms with van der Waals surface area (Å²) in [6.07, 6.45) is 4.49. The van der Waals surface area contributed by atoms with Gasteiger partial charge >= 0.3 is 0 Å². The lowest BCUT2D eigenvalue weighted by Gasteiger charge is -2.01. The van der Waals surface area contributed by atoms with Crippen molar-refractivity contribution in [2.24, 2.45) is 14.1 Å². The number of fused-ring (bicyclic) bond motifs is 1. The molecule has 0 unspecified atom stereocenters. The summed E-state index contributed by atoms with van der Waals surface area (Å²) >= 11 is 0. The van der Waals surface area contributed by atoms with Gasteiger partial charge in [-0.15, -0.1) is 0 Å². The third-order valence-corrected chi connectivity index (χ3v) is 3.25. The van der Waals surface area contributed by atoms with Gasteiger partial charge in [-0.2, -0.15) is 5.10 Å². The van der Waals surface area contributed by atoms with Gasteiger partial charge in [0.1, 0.15) is 0 Å². The van der Waals surface area contributed by atoms with Gasteiger partial charge in [-0.1, -0.05) is 18.2 Å². The van der Waals surface area contributed by atoms with Crippen LogP contribution in [0.15, 0.2) is 36.7 Å². The van der Waals surface area contributed by atoms with E-state index >= 15 is 0 Å². The normalized spacial score (nSPS) is 11.0. The minimum absolute atomic E-state index is 0.619. The number of hydrogen-bond donors (Lipinski definition) is 0. The van der Waals surface area contributed by atoms with Gasteiger partial charge < -0.3 is 4.57 Å². The molecule has 0 aliphatic heterocycles. The second-order valence-corrected chi connectivity index (χ2v) is 4.36. The molecule has 0 aliphatic rings. The number of aryl methyl sites for hydroxylation is 2. The number of para-hydroxylation sites is 1. The van der Waals surface area contributed by atoms with E-state index in [1.165, 1.54) is 0 Å². The van der Waals surface area contributed by atoms with Crippen LogP contribution in [0, 0.1) is 0 Å². The Morgan fingerprint density at radius 2 is 2.00 bits per heavy atom. The van der Waals surface area contributed by atoms with E-state index in [-0.39, 0.29) is 0 Å². The van der Waals surface area contributed by atoms with Crippen molar-refractivity contribution in [3.8, 4) is 11.3 Å². The van der Waals surface area contributed by atoms with Crippen molar-refractivity contribution in [3.05, 3.63) is 42.2 Å². The molecule has 0 saturated heterocycles. The van der Waals surface area contributed by atoms with E-state index in [4.69, 9.17) is 0 Å². The summed E-state index contributed by atoms with van der Waals surface area (Å²) in [6.45, 7) is 0. The fourth-order valence-electron chi connectivity index (χ4n) is 2.40. The van der Waals surface area contributed by atoms with Crippen LogP contribution < -0.4 is 0 Å². The number of rotatable bonds is 2. The molecular formula is C14H13N3O. The van der Waals surface area contributed by atoms with E-state index < -0.39 is 0 Å². The highest BCUT2D eigenvalue weighted by Crippen LogP contribution is 2.31. The molecule has 0 aliphatic carbocycles. The predicted octanol–water partition coefficient (Wildman–Crippen LogP) is 2.39. The summed E-state index contributed by atoms with van der Waals surface area (Å²) in [6, 6.07) is 8.14. The molecule has 1 aromatic carbocycles. The Kier molecular flexibility index (Phi) is 2.30. The van der Waals surface area contributed by atoms with Gasteiger partial charge in [0.05, 0.1) is 17.5 Å². The maximum Gasteiger partial charge on any atom is 0.153 e. The molecule has 2 aromatic heterocycles. The minimum Gasteiger partial charge on any atom is -0.350 e. The highest BCUT2D eigenvalue weighted by atomic mass is 16.1. The van der Waals surface area contributed by atoms with E-state index in [1.54, 1.807) is 10.9 Å². The van der Waals surface area contributed by atoms with Gasteiger partial charge in [-0.05, 0) is 6.07 Å². The van der Waals surface area contributed by atoms with Gasteiger partial charge in [0.15, 0.2) is 6.29 Å². The summed E-state index contributed by atoms with van der Waals surface area (Å²) in [5.41, 5.74) is 3.66. The van der Waals surface area contributed by atoms with Crippen LogP contribution in [0.1, 0.15) is 10.4 Å². The zero-order valence-electron chi connectivity index (χ0n) is 10.3. The van der Waals surface area contributed by atoms with Crippen LogP contribution in [-0.2, 0) is 14.1 Å². The lowest BCUT2D eigenvalue weighted by Crippen LogP contribution is -1.94. The van der Waals surface area contributed by atoms with Crippen molar-refractivity contribution in [3.63, 3.8) is 0 Å². The fourth-order valence-corrected chi connectivity index (χ4v) is 2.40. The zero-order chi connectivity index (χ0) is 12.7. The largest absolute Gasteiger partial charge is 0.350 e. The van der Waals surface area contributed by atoms with Crippen molar-refractivity contribution in [1.82, 2.24) is 14.3 Å². The number of aldehydes is 1. The van der Waals surface area contributed by atoms with Gasteiger partial charge in [0.2, 0.25) is 0 Å². The van der Waals surface area contributed by atoms with Crippen molar-refractivity contribution in [2.75, 3.05) is 0 Å². The topological polar surface area (TPSA) is 39.8 Å². The standard InChI is InChI=1S/C14H13N3O/c1-16-8-12(11-5-3-4-6-13(11)16)14-10(9-18)7-15-17(14)2/h3-9H,1-2H3. The number of nitrogens with zero attached hydrogens (tertiary/aromatic N) is 3. The number of hydrogen-bond acceptors (Lipinski definition) is 2. The van der Waals surface area contributed by atoms with Crippen LogP contribution in [-0.4, -0.2) is 20.6 Å². The number of aromatic nitrogens is 3. The van der Waals surface area contributed by atoms with E-state index in [0.29, 0.717) is 5.56 Å². The highest BCUT2D eigenvalue weighted by molar-refractivity contribution is 5.99. The first kappa shape index (κ1) is 10.8. The Morgan fingerprint density at radius 3 is 2.78 bits per heavy atom. The number of benzene rings is 1. The number of carbonyl (C=O) groups is 1. The average Bonchev–Trinajstić information content (AvgIpc) is 2.91. The van der Waals surface area contributed by atoms with Gasteiger partial charge in [0, 0.05) is 36.8 Å². The molecule has 0 spiro atoms. The number of carbonyl (C=O) groups excluding carboxylic acids is 1. The lowest BCUT2D eigenvalue weighted by molar-refractivity contribution is 0.112. The molecule has 0 amide bonds. The first-order chi connectivity index (χ1) is 8.72. The lowest BCUT2D eigenvalue weighted by atomic mass is 10.1. The Morgan fingerprint density at radius 1 is 1.22 bits per heavy atom. The van der Waals surface area contributed by atoms with Crippen molar-refractivity contribution in [2.45, 2.75) is 0 Å². The summed E-state index contributed by atoms with van der Waals surface area (Å²) in [5.74, 6) is 0. The molecule has 0 fully saturated rings. The van der Waals surface area contributed by atoms with E-state index in [2.05, 4.69) is 21.8 Å². The third-order valence-electron chi connectivity index (χ3n) is 3.25. The monoisotopic (exact) mass is 239 g/mol. The molecule has 0 bridgehead atoms. The molecule has 18 heavy (non-hydrogen) atoms. The molecule has 2 heterocycles. The molecule has 0 atom stereocenters. The van der Waals surface area contributed by atoms with Crippen LogP contribution in [0.5, 0.6) is 0 Å². The Balaban J connectivity index is 2.38. The predicted molar refractivity (Wildman–Crippen MR) is 70.5 cm³/mol. The van der Waals surface area contributed by atoms with Crippen LogP contribution in [0.25, 0.3) is 22.2 Å². The van der Waals surface area contributed by atoms with Crippen molar-refractivity contribution < 1.29 is 4.79 Å². The summed E-state index contributed by atoms with van der Waals surface area (Å²) in [5, 5.41) is 5.29. The Bertz CT molecular complexity index is 737. The van der Waals surface area contributed by atoms with Crippen LogP contribution in [0.3, 0.4) is 0 Å². The fraction of sp³-hybridized carbons (Fsp3) is 0.143. The van der Waals surface area contributed by atoms with E-state index in [0.717, 1.165) is 28.4 Å². The van der Waals surface area contributed by atoms with Crippen LogP contribution >= 0.6 is 0 Å². The second-order valence-electron chi connectivity index (χ2n) is 4.36. The molecule has 0 radical (unpaired) electrons. The SMILES string of the molecule is Cn1ncc(C=O)c1-c1cn(C)c2ccccc12. The van der Waals surface area contributed by atoms with Crippen molar-refractivity contribution >= 4 is 17.2 Å².